The lowest BCUT2D eigenvalue weighted by atomic mass is 9.57. The maximum absolute atomic E-state index is 13.6. The van der Waals surface area contributed by atoms with Crippen LogP contribution in [0.3, 0.4) is 0 Å². The van der Waals surface area contributed by atoms with Gasteiger partial charge in [-0.3, -0.25) is 4.79 Å². The molecule has 0 bridgehead atoms. The summed E-state index contributed by atoms with van der Waals surface area (Å²) in [5, 5.41) is 7.10. The first-order valence-corrected chi connectivity index (χ1v) is 18.1. The molecule has 1 amide bonds. The number of ether oxygens (including phenoxy) is 1. The molecule has 10 heteroatoms. The second kappa shape index (κ2) is 16.4. The first-order chi connectivity index (χ1) is 23.2. The number of rotatable bonds is 15. The van der Waals surface area contributed by atoms with Gasteiger partial charge in [0.15, 0.2) is 0 Å². The topological polar surface area (TPSA) is 102 Å². The van der Waals surface area contributed by atoms with Crippen LogP contribution in [0.15, 0.2) is 30.3 Å². The van der Waals surface area contributed by atoms with Crippen molar-refractivity contribution in [3.05, 3.63) is 52.8 Å². The maximum atomic E-state index is 13.6. The third-order valence-electron chi connectivity index (χ3n) is 10.9. The smallest absolute Gasteiger partial charge is 0.416 e. The van der Waals surface area contributed by atoms with Crippen LogP contribution in [-0.2, 0) is 11.0 Å². The van der Waals surface area contributed by atoms with Crippen molar-refractivity contribution in [3.63, 3.8) is 0 Å². The van der Waals surface area contributed by atoms with Crippen LogP contribution in [0.25, 0.3) is 10.9 Å². The van der Waals surface area contributed by atoms with Gasteiger partial charge < -0.3 is 21.1 Å². The van der Waals surface area contributed by atoms with Crippen molar-refractivity contribution >= 4 is 28.3 Å². The van der Waals surface area contributed by atoms with E-state index in [0.717, 1.165) is 60.9 Å². The molecule has 5 atom stereocenters. The number of alkyl halides is 3. The number of methoxy groups -OCH3 is 1. The van der Waals surface area contributed by atoms with Crippen molar-refractivity contribution in [2.24, 2.45) is 17.3 Å². The molecule has 270 valence electrons. The van der Waals surface area contributed by atoms with Crippen molar-refractivity contribution in [1.82, 2.24) is 15.3 Å². The van der Waals surface area contributed by atoms with Gasteiger partial charge in [-0.2, -0.15) is 13.2 Å². The Labute approximate surface area is 290 Å². The fourth-order valence-corrected chi connectivity index (χ4v) is 8.06. The molecule has 4 unspecified atom stereocenters. The van der Waals surface area contributed by atoms with Gasteiger partial charge in [-0.1, -0.05) is 72.1 Å². The van der Waals surface area contributed by atoms with Crippen LogP contribution in [-0.4, -0.2) is 30.0 Å². The molecule has 1 heterocycles. The van der Waals surface area contributed by atoms with Crippen LogP contribution < -0.4 is 21.1 Å². The molecule has 3 aromatic rings. The highest BCUT2D eigenvalue weighted by Crippen LogP contribution is 2.53. The number of amides is 1. The van der Waals surface area contributed by atoms with Crippen molar-refractivity contribution in [1.29, 1.82) is 0 Å². The van der Waals surface area contributed by atoms with Gasteiger partial charge in [0.1, 0.15) is 17.4 Å². The van der Waals surface area contributed by atoms with E-state index in [2.05, 4.69) is 37.5 Å². The molecule has 1 aliphatic rings. The van der Waals surface area contributed by atoms with Crippen LogP contribution in [0.2, 0.25) is 0 Å². The lowest BCUT2D eigenvalue weighted by Crippen LogP contribution is -2.48. The third-order valence-corrected chi connectivity index (χ3v) is 10.9. The van der Waals surface area contributed by atoms with Crippen molar-refractivity contribution in [2.45, 2.75) is 123 Å². The Morgan fingerprint density at radius 3 is 2.45 bits per heavy atom. The number of carbonyl (C=O) groups excluding carboxylic acids is 1. The van der Waals surface area contributed by atoms with E-state index in [0.29, 0.717) is 28.6 Å². The van der Waals surface area contributed by atoms with Gasteiger partial charge in [-0.15, -0.1) is 0 Å². The average Bonchev–Trinajstić information content (AvgIpc) is 3.06. The largest absolute Gasteiger partial charge is 0.496 e. The van der Waals surface area contributed by atoms with Crippen LogP contribution in [0.1, 0.15) is 133 Å². The van der Waals surface area contributed by atoms with Crippen molar-refractivity contribution in [3.8, 4) is 5.75 Å². The molecule has 1 saturated carbocycles. The molecule has 4 N–H and O–H groups in total. The zero-order chi connectivity index (χ0) is 35.9. The minimum absolute atomic E-state index is 0.0479. The molecular formula is C39H56F3N5O2. The zero-order valence-corrected chi connectivity index (χ0v) is 30.4. The number of fused-ring (bicyclic) bond motifs is 1. The lowest BCUT2D eigenvalue weighted by Gasteiger charge is -2.47. The van der Waals surface area contributed by atoms with E-state index in [-0.39, 0.29) is 23.4 Å². The summed E-state index contributed by atoms with van der Waals surface area (Å²) >= 11 is 0. The van der Waals surface area contributed by atoms with E-state index < -0.39 is 23.2 Å². The lowest BCUT2D eigenvalue weighted by molar-refractivity contribution is -0.138. The van der Waals surface area contributed by atoms with E-state index in [1.54, 1.807) is 34.1 Å². The molecule has 1 aliphatic carbocycles. The molecule has 1 aromatic heterocycles. The molecule has 0 aliphatic heterocycles. The number of anilines is 2. The molecule has 0 saturated heterocycles. The van der Waals surface area contributed by atoms with Gasteiger partial charge in [0.05, 0.1) is 24.2 Å². The van der Waals surface area contributed by atoms with Crippen LogP contribution in [0, 0.1) is 24.2 Å². The van der Waals surface area contributed by atoms with Crippen LogP contribution >= 0.6 is 0 Å². The summed E-state index contributed by atoms with van der Waals surface area (Å²) in [6.07, 6.45) is 7.52. The summed E-state index contributed by atoms with van der Waals surface area (Å²) in [7, 11) is 3.41. The number of aromatic nitrogens is 2. The Bertz CT molecular complexity index is 1580. The highest BCUT2D eigenvalue weighted by molar-refractivity contribution is 5.91. The summed E-state index contributed by atoms with van der Waals surface area (Å²) in [5.74, 6) is 2.69. The molecule has 49 heavy (non-hydrogen) atoms. The second-order valence-corrected chi connectivity index (χ2v) is 14.3. The van der Waals surface area contributed by atoms with Gasteiger partial charge in [-0.25, -0.2) is 9.97 Å². The van der Waals surface area contributed by atoms with E-state index in [1.165, 1.54) is 38.5 Å². The SMILES string of the molecule is CCCCCCCCC(CC)C1CC(c2cc3c(N[C@H](C)c4cc(N)cc(C(F)(F)F)c4)nc(C)nc3cc2OC)CCC1(C)C(=O)NC. The minimum Gasteiger partial charge on any atom is -0.496 e. The highest BCUT2D eigenvalue weighted by atomic mass is 19.4. The predicted molar refractivity (Wildman–Crippen MR) is 193 cm³/mol. The monoisotopic (exact) mass is 683 g/mol. The van der Waals surface area contributed by atoms with E-state index in [1.807, 2.05) is 6.07 Å². The number of nitrogens with one attached hydrogen (secondary N) is 2. The number of unbranched alkanes of at least 4 members (excludes halogenated alkanes) is 5. The fraction of sp³-hybridized carbons (Fsp3) is 0.615. The Morgan fingerprint density at radius 2 is 1.80 bits per heavy atom. The Kier molecular flexibility index (Phi) is 12.8. The standard InChI is InChI=1S/C39H56F3N5O2/c1-8-10-11-12-13-14-15-26(9-2)33-20-27(16-17-38(33,5)37(48)44-6)31-22-32-34(23-35(31)49-7)46-25(4)47-36(32)45-24(3)28-18-29(39(40,41)42)21-30(43)19-28/h18-19,21-24,26-27,33H,8-17,20,43H2,1-7H3,(H,44,48)(H,45,46,47)/t24-,26?,27?,33?,38?/m1/s1. The average molecular weight is 684 g/mol. The van der Waals surface area contributed by atoms with E-state index in [4.69, 9.17) is 20.4 Å². The molecule has 4 rings (SSSR count). The van der Waals surface area contributed by atoms with Gasteiger partial charge in [0.25, 0.3) is 0 Å². The number of benzene rings is 2. The van der Waals surface area contributed by atoms with Crippen LogP contribution in [0.4, 0.5) is 24.7 Å². The molecular weight excluding hydrogens is 627 g/mol. The number of hydrogen-bond acceptors (Lipinski definition) is 6. The number of hydrogen-bond donors (Lipinski definition) is 3. The number of nitrogen functional groups attached to an aromatic ring is 1. The molecule has 0 spiro atoms. The quantitative estimate of drug-likeness (QED) is 0.109. The number of halogens is 3. The predicted octanol–water partition coefficient (Wildman–Crippen LogP) is 10.1. The summed E-state index contributed by atoms with van der Waals surface area (Å²) in [6.45, 7) is 10.2. The first kappa shape index (κ1) is 38.2. The van der Waals surface area contributed by atoms with Crippen molar-refractivity contribution < 1.29 is 22.7 Å². The normalized spacial score (nSPS) is 20.9. The fourth-order valence-electron chi connectivity index (χ4n) is 8.06. The number of carbonyl (C=O) groups is 1. The van der Waals surface area contributed by atoms with E-state index >= 15 is 0 Å². The Hall–Kier alpha value is -3.56. The number of nitrogens with zero attached hydrogens (tertiary/aromatic N) is 2. The summed E-state index contributed by atoms with van der Waals surface area (Å²) < 4.78 is 46.7. The zero-order valence-electron chi connectivity index (χ0n) is 30.4. The maximum Gasteiger partial charge on any atom is 0.416 e. The minimum atomic E-state index is -4.51. The molecule has 1 fully saturated rings. The van der Waals surface area contributed by atoms with E-state index in [9.17, 15) is 18.0 Å². The van der Waals surface area contributed by atoms with Gasteiger partial charge >= 0.3 is 6.18 Å². The Balaban J connectivity index is 1.69. The van der Waals surface area contributed by atoms with Gasteiger partial charge in [0.2, 0.25) is 5.91 Å². The highest BCUT2D eigenvalue weighted by Gasteiger charge is 2.48. The third kappa shape index (κ3) is 8.97. The van der Waals surface area contributed by atoms with Gasteiger partial charge in [0, 0.05) is 29.6 Å². The Morgan fingerprint density at radius 1 is 1.08 bits per heavy atom. The summed E-state index contributed by atoms with van der Waals surface area (Å²) in [5.41, 5.74) is 6.81. The molecule has 2 aromatic carbocycles. The van der Waals surface area contributed by atoms with Gasteiger partial charge in [-0.05, 0) is 86.3 Å². The summed E-state index contributed by atoms with van der Waals surface area (Å²) in [6, 6.07) is 7.13. The first-order valence-electron chi connectivity index (χ1n) is 18.1. The van der Waals surface area contributed by atoms with Crippen molar-refractivity contribution in [2.75, 3.05) is 25.2 Å². The number of nitrogens with two attached hydrogens (primary N) is 1. The summed E-state index contributed by atoms with van der Waals surface area (Å²) in [4.78, 5) is 22.9. The molecule has 7 nitrogen and oxygen atoms in total. The number of aryl methyl sites for hydroxylation is 1. The second-order valence-electron chi connectivity index (χ2n) is 14.3. The molecule has 0 radical (unpaired) electrons. The van der Waals surface area contributed by atoms with Crippen LogP contribution in [0.5, 0.6) is 5.75 Å².